The first-order chi connectivity index (χ1) is 18.0. The number of nitrogens with one attached hydrogen (secondary N) is 1. The maximum absolute atomic E-state index is 13.8. The predicted molar refractivity (Wildman–Crippen MR) is 139 cm³/mol. The number of carbonyl (C=O) groups is 3. The fourth-order valence-corrected chi connectivity index (χ4v) is 6.82. The van der Waals surface area contributed by atoms with Gasteiger partial charge in [-0.15, -0.1) is 0 Å². The van der Waals surface area contributed by atoms with Crippen molar-refractivity contribution in [2.45, 2.75) is 88.5 Å². The van der Waals surface area contributed by atoms with Crippen molar-refractivity contribution in [2.24, 2.45) is 5.92 Å². The number of Topliss-reactive ketones (excluding diaryl/α,β-unsaturated/α-hetero) is 1. The van der Waals surface area contributed by atoms with Gasteiger partial charge in [-0.05, 0) is 81.3 Å². The summed E-state index contributed by atoms with van der Waals surface area (Å²) in [6.07, 6.45) is 6.80. The molecule has 1 saturated carbocycles. The van der Waals surface area contributed by atoms with Crippen LogP contribution in [0.15, 0.2) is 24.3 Å². The number of ketones is 1. The number of likely N-dealkylation sites (tertiary alicyclic amines) is 2. The van der Waals surface area contributed by atoms with Crippen LogP contribution in [0.3, 0.4) is 0 Å². The van der Waals surface area contributed by atoms with Crippen molar-refractivity contribution in [2.75, 3.05) is 32.8 Å². The second-order valence-corrected chi connectivity index (χ2v) is 11.3. The first-order valence-electron chi connectivity index (χ1n) is 14.2. The molecule has 0 radical (unpaired) electrons. The van der Waals surface area contributed by atoms with Gasteiger partial charge in [-0.3, -0.25) is 14.4 Å². The Morgan fingerprint density at radius 3 is 2.46 bits per heavy atom. The van der Waals surface area contributed by atoms with Gasteiger partial charge < -0.3 is 25.0 Å². The Hall–Kier alpha value is -2.29. The summed E-state index contributed by atoms with van der Waals surface area (Å²) < 4.78 is 5.45. The first-order valence-corrected chi connectivity index (χ1v) is 14.2. The fourth-order valence-electron chi connectivity index (χ4n) is 6.82. The quantitative estimate of drug-likeness (QED) is 0.584. The zero-order valence-corrected chi connectivity index (χ0v) is 21.9. The molecule has 8 heteroatoms. The molecule has 5 rings (SSSR count). The van der Waals surface area contributed by atoms with Crippen molar-refractivity contribution in [3.05, 3.63) is 35.4 Å². The van der Waals surface area contributed by atoms with Crippen LogP contribution in [-0.2, 0) is 14.3 Å². The third kappa shape index (κ3) is 5.61. The van der Waals surface area contributed by atoms with Gasteiger partial charge in [0.1, 0.15) is 30.9 Å². The van der Waals surface area contributed by atoms with Gasteiger partial charge in [-0.1, -0.05) is 38.3 Å². The number of rotatable bonds is 7. The topological polar surface area (TPSA) is 99.2 Å². The number of aliphatic hydroxyl groups is 1. The van der Waals surface area contributed by atoms with Crippen LogP contribution in [0.2, 0.25) is 0 Å². The summed E-state index contributed by atoms with van der Waals surface area (Å²) in [4.78, 5) is 43.5. The minimum atomic E-state index is -0.885. The lowest BCUT2D eigenvalue weighted by molar-refractivity contribution is -0.139. The molecule has 3 saturated heterocycles. The van der Waals surface area contributed by atoms with E-state index in [1.807, 2.05) is 12.1 Å². The highest BCUT2D eigenvalue weighted by Gasteiger charge is 2.53. The zero-order chi connectivity index (χ0) is 25.9. The summed E-state index contributed by atoms with van der Waals surface area (Å²) in [5.74, 6) is -0.187. The molecule has 4 atom stereocenters. The van der Waals surface area contributed by atoms with Crippen molar-refractivity contribution in [3.8, 4) is 0 Å². The van der Waals surface area contributed by atoms with Crippen molar-refractivity contribution in [1.82, 2.24) is 15.1 Å². The molecular formula is C29H41N3O5. The highest BCUT2D eigenvalue weighted by Crippen LogP contribution is 2.33. The number of aliphatic hydroxyl groups excluding tert-OH is 1. The van der Waals surface area contributed by atoms with E-state index < -0.39 is 24.3 Å². The Morgan fingerprint density at radius 1 is 1.08 bits per heavy atom. The van der Waals surface area contributed by atoms with Crippen LogP contribution in [0.5, 0.6) is 0 Å². The summed E-state index contributed by atoms with van der Waals surface area (Å²) in [5, 5.41) is 13.4. The summed E-state index contributed by atoms with van der Waals surface area (Å²) >= 11 is 0. The number of fused-ring (bicyclic) bond motifs is 1. The standard InChI is InChI=1S/C29H41N3O5/c1-2-14-31-15-12-20(13-16-31)19-8-10-22(11-9-19)28(35)30-25(21-6-4-3-5-7-21)29(36)32-17-23(33)27-26(32)24(34)18-37-27/h8-11,20-21,23,25-27,33H,2-7,12-18H2,1H3,(H,30,35)/t23-,25+,26-,27-/m1/s1. The van der Waals surface area contributed by atoms with Gasteiger partial charge in [0.2, 0.25) is 5.91 Å². The number of ether oxygens (including phenoxy) is 1. The maximum Gasteiger partial charge on any atom is 0.251 e. The summed E-state index contributed by atoms with van der Waals surface area (Å²) in [7, 11) is 0. The second kappa shape index (κ2) is 11.6. The first kappa shape index (κ1) is 26.3. The van der Waals surface area contributed by atoms with Crippen LogP contribution in [-0.4, -0.2) is 89.6 Å². The smallest absolute Gasteiger partial charge is 0.251 e. The maximum atomic E-state index is 13.8. The van der Waals surface area contributed by atoms with E-state index in [0.717, 1.165) is 64.6 Å². The second-order valence-electron chi connectivity index (χ2n) is 11.3. The van der Waals surface area contributed by atoms with E-state index in [-0.39, 0.29) is 36.7 Å². The van der Waals surface area contributed by atoms with Crippen molar-refractivity contribution >= 4 is 17.6 Å². The van der Waals surface area contributed by atoms with Crippen LogP contribution in [0.25, 0.3) is 0 Å². The number of piperidine rings is 1. The van der Waals surface area contributed by atoms with Crippen LogP contribution >= 0.6 is 0 Å². The molecule has 3 heterocycles. The third-order valence-corrected chi connectivity index (χ3v) is 8.89. The van der Waals surface area contributed by atoms with Crippen molar-refractivity contribution in [3.63, 3.8) is 0 Å². The van der Waals surface area contributed by atoms with E-state index in [1.165, 1.54) is 16.9 Å². The highest BCUT2D eigenvalue weighted by molar-refractivity contribution is 5.99. The lowest BCUT2D eigenvalue weighted by Crippen LogP contribution is -2.55. The molecule has 2 amide bonds. The average molecular weight is 512 g/mol. The van der Waals surface area contributed by atoms with Gasteiger partial charge in [0.15, 0.2) is 5.78 Å². The van der Waals surface area contributed by atoms with E-state index in [0.29, 0.717) is 11.5 Å². The number of hydrogen-bond donors (Lipinski definition) is 2. The van der Waals surface area contributed by atoms with Gasteiger partial charge in [0.05, 0.1) is 6.54 Å². The Balaban J connectivity index is 1.27. The number of benzene rings is 1. The molecule has 1 aromatic rings. The number of β-amino-alcohol motifs (C(OH)–C–C–N with tert-alkyl or cyclic N) is 1. The number of hydrogen-bond acceptors (Lipinski definition) is 6. The van der Waals surface area contributed by atoms with Crippen LogP contribution in [0.1, 0.15) is 80.1 Å². The molecule has 1 aliphatic carbocycles. The van der Waals surface area contributed by atoms with E-state index in [2.05, 4.69) is 29.3 Å². The van der Waals surface area contributed by atoms with E-state index in [4.69, 9.17) is 4.74 Å². The summed E-state index contributed by atoms with van der Waals surface area (Å²) in [5.41, 5.74) is 1.81. The van der Waals surface area contributed by atoms with E-state index in [1.54, 1.807) is 0 Å². The predicted octanol–water partition coefficient (Wildman–Crippen LogP) is 2.49. The minimum Gasteiger partial charge on any atom is -0.388 e. The Labute approximate surface area is 219 Å². The number of amides is 2. The Kier molecular flexibility index (Phi) is 8.27. The molecule has 37 heavy (non-hydrogen) atoms. The molecule has 202 valence electrons. The highest BCUT2D eigenvalue weighted by atomic mass is 16.5. The normalized spacial score (nSPS) is 28.3. The Bertz CT molecular complexity index is 968. The molecule has 2 N–H and O–H groups in total. The summed E-state index contributed by atoms with van der Waals surface area (Å²) in [6, 6.07) is 6.39. The largest absolute Gasteiger partial charge is 0.388 e. The third-order valence-electron chi connectivity index (χ3n) is 8.89. The van der Waals surface area contributed by atoms with Crippen LogP contribution in [0.4, 0.5) is 0 Å². The summed E-state index contributed by atoms with van der Waals surface area (Å²) in [6.45, 7) is 5.59. The van der Waals surface area contributed by atoms with E-state index in [9.17, 15) is 19.5 Å². The van der Waals surface area contributed by atoms with Gasteiger partial charge in [0.25, 0.3) is 5.91 Å². The average Bonchev–Trinajstić information content (AvgIpc) is 3.48. The molecule has 0 unspecified atom stereocenters. The molecule has 1 aromatic carbocycles. The molecule has 8 nitrogen and oxygen atoms in total. The van der Waals surface area contributed by atoms with Crippen LogP contribution < -0.4 is 5.32 Å². The molecule has 0 aromatic heterocycles. The van der Waals surface area contributed by atoms with Crippen LogP contribution in [0, 0.1) is 5.92 Å². The minimum absolute atomic E-state index is 0.0198. The molecule has 0 bridgehead atoms. The number of carbonyl (C=O) groups excluding carboxylic acids is 3. The van der Waals surface area contributed by atoms with Crippen molar-refractivity contribution in [1.29, 1.82) is 0 Å². The lowest BCUT2D eigenvalue weighted by Gasteiger charge is -2.34. The fraction of sp³-hybridized carbons (Fsp3) is 0.690. The van der Waals surface area contributed by atoms with E-state index >= 15 is 0 Å². The SMILES string of the molecule is CCCN1CCC(c2ccc(C(=O)N[C@H](C(=O)N3C[C@@H](O)[C@H]4OCC(=O)[C@H]43)C3CCCCC3)cc2)CC1. The van der Waals surface area contributed by atoms with Gasteiger partial charge in [-0.25, -0.2) is 0 Å². The Morgan fingerprint density at radius 2 is 1.78 bits per heavy atom. The van der Waals surface area contributed by atoms with Gasteiger partial charge in [0, 0.05) is 5.56 Å². The monoisotopic (exact) mass is 511 g/mol. The number of nitrogens with zero attached hydrogens (tertiary/aromatic N) is 2. The van der Waals surface area contributed by atoms with Gasteiger partial charge >= 0.3 is 0 Å². The van der Waals surface area contributed by atoms with Gasteiger partial charge in [-0.2, -0.15) is 0 Å². The molecule has 4 fully saturated rings. The molecular weight excluding hydrogens is 470 g/mol. The van der Waals surface area contributed by atoms with Crippen molar-refractivity contribution < 1.29 is 24.2 Å². The molecule has 3 aliphatic heterocycles. The molecule has 4 aliphatic rings. The zero-order valence-electron chi connectivity index (χ0n) is 21.9. The molecule has 0 spiro atoms. The lowest BCUT2D eigenvalue weighted by atomic mass is 9.83.